The molecule has 0 fully saturated rings. The molecule has 9 heteroatoms. The number of amides is 1. The fraction of sp³-hybridized carbons (Fsp3) is 0.579. The number of carbonyl (C=O) groups is 1. The smallest absolute Gasteiger partial charge is 0.251 e. The highest BCUT2D eigenvalue weighted by Crippen LogP contribution is 2.11. The average Bonchev–Trinajstić information content (AvgIpc) is 2.68. The Morgan fingerprint density at radius 2 is 1.71 bits per heavy atom. The zero-order valence-electron chi connectivity index (χ0n) is 16.6. The summed E-state index contributed by atoms with van der Waals surface area (Å²) in [7, 11) is 1.71. The van der Waals surface area contributed by atoms with Gasteiger partial charge in [0.05, 0.1) is 19.8 Å². The van der Waals surface area contributed by atoms with Gasteiger partial charge in [0.1, 0.15) is 0 Å². The molecule has 28 heavy (non-hydrogen) atoms. The molecule has 0 aromatic heterocycles. The zero-order chi connectivity index (χ0) is 19.7. The van der Waals surface area contributed by atoms with Gasteiger partial charge < -0.3 is 25.4 Å². The van der Waals surface area contributed by atoms with E-state index in [9.17, 15) is 4.79 Å². The van der Waals surface area contributed by atoms with E-state index in [-0.39, 0.29) is 29.9 Å². The van der Waals surface area contributed by atoms with E-state index in [2.05, 4.69) is 43.8 Å². The van der Waals surface area contributed by atoms with Crippen LogP contribution in [0.3, 0.4) is 0 Å². The molecule has 1 amide bonds. The first kappa shape index (κ1) is 27.1. The second-order valence-electron chi connectivity index (χ2n) is 5.77. The molecule has 0 heterocycles. The van der Waals surface area contributed by atoms with Crippen molar-refractivity contribution in [2.24, 2.45) is 4.99 Å². The molecule has 1 aromatic carbocycles. The Hall–Kier alpha value is -0.910. The second-order valence-corrected chi connectivity index (χ2v) is 6.69. The maximum atomic E-state index is 12.0. The normalized spacial score (nSPS) is 10.9. The second kappa shape index (κ2) is 18.1. The molecular formula is C19H32BrIN4O3. The lowest BCUT2D eigenvalue weighted by molar-refractivity contribution is 0.0487. The van der Waals surface area contributed by atoms with Crippen molar-refractivity contribution in [1.82, 2.24) is 16.0 Å². The van der Waals surface area contributed by atoms with E-state index < -0.39 is 0 Å². The van der Waals surface area contributed by atoms with E-state index >= 15 is 0 Å². The third-order valence-electron chi connectivity index (χ3n) is 3.57. The highest BCUT2D eigenvalue weighted by molar-refractivity contribution is 14.0. The number of aliphatic imine (C=N–C) groups is 1. The van der Waals surface area contributed by atoms with Gasteiger partial charge in [0.25, 0.3) is 5.91 Å². The molecule has 0 aliphatic carbocycles. The van der Waals surface area contributed by atoms with Crippen molar-refractivity contribution < 1.29 is 14.3 Å². The van der Waals surface area contributed by atoms with E-state index in [1.54, 1.807) is 19.2 Å². The van der Waals surface area contributed by atoms with Crippen molar-refractivity contribution in [2.45, 2.75) is 19.8 Å². The minimum Gasteiger partial charge on any atom is -0.379 e. The topological polar surface area (TPSA) is 84.0 Å². The predicted molar refractivity (Wildman–Crippen MR) is 128 cm³/mol. The maximum Gasteiger partial charge on any atom is 0.251 e. The van der Waals surface area contributed by atoms with Crippen LogP contribution in [0.15, 0.2) is 33.7 Å². The Morgan fingerprint density at radius 1 is 1.04 bits per heavy atom. The molecule has 1 aromatic rings. The van der Waals surface area contributed by atoms with Gasteiger partial charge in [-0.2, -0.15) is 0 Å². The van der Waals surface area contributed by atoms with Crippen LogP contribution in [0.5, 0.6) is 0 Å². The lowest BCUT2D eigenvalue weighted by atomic mass is 10.2. The summed E-state index contributed by atoms with van der Waals surface area (Å²) < 4.78 is 11.8. The summed E-state index contributed by atoms with van der Waals surface area (Å²) in [5.41, 5.74) is 0.628. The van der Waals surface area contributed by atoms with Gasteiger partial charge in [0.2, 0.25) is 0 Å². The molecule has 0 aliphatic heterocycles. The van der Waals surface area contributed by atoms with Crippen molar-refractivity contribution in [1.29, 1.82) is 0 Å². The van der Waals surface area contributed by atoms with Gasteiger partial charge in [0, 0.05) is 43.3 Å². The monoisotopic (exact) mass is 570 g/mol. The maximum absolute atomic E-state index is 12.0. The van der Waals surface area contributed by atoms with Gasteiger partial charge in [-0.25, -0.2) is 0 Å². The van der Waals surface area contributed by atoms with E-state index in [0.717, 1.165) is 23.9 Å². The molecule has 0 saturated heterocycles. The molecule has 0 bridgehead atoms. The Labute approximate surface area is 193 Å². The van der Waals surface area contributed by atoms with Crippen LogP contribution in [0.4, 0.5) is 0 Å². The average molecular weight is 571 g/mol. The number of hydrogen-bond acceptors (Lipinski definition) is 4. The van der Waals surface area contributed by atoms with Gasteiger partial charge in [-0.15, -0.1) is 24.0 Å². The van der Waals surface area contributed by atoms with E-state index in [1.165, 1.54) is 0 Å². The third-order valence-corrected chi connectivity index (χ3v) is 4.06. The molecule has 0 spiro atoms. The van der Waals surface area contributed by atoms with Gasteiger partial charge >= 0.3 is 0 Å². The van der Waals surface area contributed by atoms with Crippen LogP contribution in [0.2, 0.25) is 0 Å². The summed E-state index contributed by atoms with van der Waals surface area (Å²) >= 11 is 3.36. The first-order valence-electron chi connectivity index (χ1n) is 9.31. The molecule has 160 valence electrons. The number of nitrogens with zero attached hydrogens (tertiary/aromatic N) is 1. The number of hydrogen-bond donors (Lipinski definition) is 3. The molecular weight excluding hydrogens is 539 g/mol. The number of unbranched alkanes of at least 4 members (excludes halogenated alkanes) is 1. The molecule has 1 rings (SSSR count). The molecule has 0 unspecified atom stereocenters. The third kappa shape index (κ3) is 13.3. The van der Waals surface area contributed by atoms with Crippen LogP contribution >= 0.6 is 39.9 Å². The lowest BCUT2D eigenvalue weighted by Crippen LogP contribution is -2.42. The van der Waals surface area contributed by atoms with Gasteiger partial charge in [-0.3, -0.25) is 9.79 Å². The minimum atomic E-state index is -0.101. The van der Waals surface area contributed by atoms with Crippen molar-refractivity contribution in [3.63, 3.8) is 0 Å². The number of halogens is 2. The lowest BCUT2D eigenvalue weighted by Gasteiger charge is -2.12. The van der Waals surface area contributed by atoms with Gasteiger partial charge in [-0.05, 0) is 24.6 Å². The zero-order valence-corrected chi connectivity index (χ0v) is 20.5. The SMILES string of the molecule is CCCCOCCOCCNC(=NC)NCCNC(=O)c1cccc(Br)c1.I. The largest absolute Gasteiger partial charge is 0.379 e. The summed E-state index contributed by atoms with van der Waals surface area (Å²) in [4.78, 5) is 16.2. The Balaban J connectivity index is 0.00000729. The van der Waals surface area contributed by atoms with Crippen LogP contribution in [0.25, 0.3) is 0 Å². The number of nitrogens with one attached hydrogen (secondary N) is 3. The standard InChI is InChI=1S/C19H31BrN4O3.HI/c1-3-4-11-26-13-14-27-12-10-24-19(21-2)23-9-8-22-18(25)16-6-5-7-17(20)15-16;/h5-7,15H,3-4,8-14H2,1-2H3,(H,22,25)(H2,21,23,24);1H. The van der Waals surface area contributed by atoms with E-state index in [1.807, 2.05) is 12.1 Å². The van der Waals surface area contributed by atoms with Crippen LogP contribution in [0, 0.1) is 0 Å². The number of ether oxygens (including phenoxy) is 2. The Morgan fingerprint density at radius 3 is 2.39 bits per heavy atom. The summed E-state index contributed by atoms with van der Waals surface area (Å²) in [6.45, 7) is 6.47. The summed E-state index contributed by atoms with van der Waals surface area (Å²) in [5.74, 6) is 0.574. The predicted octanol–water partition coefficient (Wildman–Crippen LogP) is 2.80. The van der Waals surface area contributed by atoms with Crippen LogP contribution in [-0.2, 0) is 9.47 Å². The molecule has 0 saturated carbocycles. The van der Waals surface area contributed by atoms with Gasteiger partial charge in [-0.1, -0.05) is 35.3 Å². The molecule has 0 radical (unpaired) electrons. The molecule has 3 N–H and O–H groups in total. The van der Waals surface area contributed by atoms with Crippen LogP contribution in [0.1, 0.15) is 30.1 Å². The van der Waals surface area contributed by atoms with E-state index in [0.29, 0.717) is 51.0 Å². The highest BCUT2D eigenvalue weighted by atomic mass is 127. The van der Waals surface area contributed by atoms with Crippen molar-refractivity contribution in [2.75, 3.05) is 53.1 Å². The van der Waals surface area contributed by atoms with Crippen LogP contribution in [-0.4, -0.2) is 65.0 Å². The number of rotatable bonds is 13. The quantitative estimate of drug-likeness (QED) is 0.147. The first-order valence-corrected chi connectivity index (χ1v) is 10.1. The summed E-state index contributed by atoms with van der Waals surface area (Å²) in [5, 5.41) is 9.18. The minimum absolute atomic E-state index is 0. The van der Waals surface area contributed by atoms with E-state index in [4.69, 9.17) is 9.47 Å². The van der Waals surface area contributed by atoms with Crippen molar-refractivity contribution in [3.8, 4) is 0 Å². The molecule has 0 atom stereocenters. The summed E-state index contributed by atoms with van der Waals surface area (Å²) in [6, 6.07) is 7.29. The molecule has 0 aliphatic rings. The van der Waals surface area contributed by atoms with Gasteiger partial charge in [0.15, 0.2) is 5.96 Å². The number of guanidine groups is 1. The number of carbonyl (C=O) groups excluding carboxylic acids is 1. The molecule has 7 nitrogen and oxygen atoms in total. The Kier molecular flexibility index (Phi) is 17.6. The highest BCUT2D eigenvalue weighted by Gasteiger charge is 2.05. The van der Waals surface area contributed by atoms with Crippen molar-refractivity contribution in [3.05, 3.63) is 34.3 Å². The first-order chi connectivity index (χ1) is 13.2. The van der Waals surface area contributed by atoms with Crippen LogP contribution < -0.4 is 16.0 Å². The summed E-state index contributed by atoms with van der Waals surface area (Å²) in [6.07, 6.45) is 2.23. The fourth-order valence-corrected chi connectivity index (χ4v) is 2.52. The number of benzene rings is 1. The Bertz CT molecular complexity index is 576. The van der Waals surface area contributed by atoms with Crippen molar-refractivity contribution >= 4 is 51.8 Å². The fourth-order valence-electron chi connectivity index (χ4n) is 2.12.